The number of benzene rings is 1. The Balaban J connectivity index is 1.30. The Morgan fingerprint density at radius 2 is 1.94 bits per heavy atom. The third-order valence-corrected chi connectivity index (χ3v) is 7.70. The van der Waals surface area contributed by atoms with E-state index in [0.29, 0.717) is 41.7 Å². The number of rotatable bonds is 2. The first-order valence-corrected chi connectivity index (χ1v) is 11.3. The topological polar surface area (TPSA) is 148 Å². The SMILES string of the molecule is Nc1nc2cc([C@H]3C[C@@]4(CN3)C[C@@H](n3ccc5c(N)ncnc53)[C@H](O)[C@@H]4O)ccc2cc1Cl. The van der Waals surface area contributed by atoms with E-state index in [0.717, 1.165) is 21.9 Å². The minimum Gasteiger partial charge on any atom is -0.390 e. The number of halogens is 1. The summed E-state index contributed by atoms with van der Waals surface area (Å²) in [6, 6.07) is 9.40. The maximum Gasteiger partial charge on any atom is 0.145 e. The average Bonchev–Trinajstić information content (AvgIpc) is 3.48. The summed E-state index contributed by atoms with van der Waals surface area (Å²) in [5.41, 5.74) is 13.9. The standard InChI is InChI=1S/C23H24ClN7O2/c24-14-5-11-1-2-12(6-15(11)30-21(14)26)16-7-23(9-27-16)8-17(18(32)19(23)33)31-4-3-13-20(25)28-10-29-22(13)31/h1-6,10,16-19,27,32-33H,7-9H2,(H2,26,30)(H2,25,28,29)/t16-,17-,18+,19+,23+/m1/s1. The fraction of sp³-hybridized carbons (Fsp3) is 0.348. The summed E-state index contributed by atoms with van der Waals surface area (Å²) in [6.07, 6.45) is 2.79. The van der Waals surface area contributed by atoms with E-state index in [1.165, 1.54) is 6.33 Å². The fourth-order valence-electron chi connectivity index (χ4n) is 5.64. The number of nitrogens with one attached hydrogen (secondary N) is 1. The van der Waals surface area contributed by atoms with E-state index in [9.17, 15) is 10.2 Å². The van der Waals surface area contributed by atoms with Crippen LogP contribution in [-0.4, -0.2) is 48.5 Å². The van der Waals surface area contributed by atoms with E-state index in [1.807, 2.05) is 41.1 Å². The zero-order valence-electron chi connectivity index (χ0n) is 17.7. The quantitative estimate of drug-likeness (QED) is 0.302. The summed E-state index contributed by atoms with van der Waals surface area (Å²) in [5.74, 6) is 0.702. The molecule has 5 atom stereocenters. The number of nitrogen functional groups attached to an aromatic ring is 2. The van der Waals surface area contributed by atoms with Crippen LogP contribution in [0, 0.1) is 5.41 Å². The van der Waals surface area contributed by atoms with Crippen molar-refractivity contribution in [1.29, 1.82) is 0 Å². The summed E-state index contributed by atoms with van der Waals surface area (Å²) in [4.78, 5) is 12.8. The number of aromatic nitrogens is 4. The summed E-state index contributed by atoms with van der Waals surface area (Å²) in [5, 5.41) is 27.8. The van der Waals surface area contributed by atoms with Gasteiger partial charge in [0.1, 0.15) is 29.7 Å². The molecule has 4 aromatic rings. The van der Waals surface area contributed by atoms with Crippen LogP contribution >= 0.6 is 11.6 Å². The number of hydrogen-bond donors (Lipinski definition) is 5. The van der Waals surface area contributed by atoms with Crippen molar-refractivity contribution in [2.45, 2.75) is 37.1 Å². The second-order valence-corrected chi connectivity index (χ2v) is 9.64. The number of anilines is 2. The molecule has 1 saturated carbocycles. The van der Waals surface area contributed by atoms with Gasteiger partial charge < -0.3 is 31.6 Å². The molecule has 10 heteroatoms. The summed E-state index contributed by atoms with van der Waals surface area (Å²) < 4.78 is 1.91. The second-order valence-electron chi connectivity index (χ2n) is 9.23. The maximum atomic E-state index is 11.1. The smallest absolute Gasteiger partial charge is 0.145 e. The van der Waals surface area contributed by atoms with E-state index in [-0.39, 0.29) is 12.1 Å². The Kier molecular flexibility index (Phi) is 4.54. The molecule has 1 aliphatic heterocycles. The Morgan fingerprint density at radius 3 is 2.79 bits per heavy atom. The molecule has 2 aliphatic rings. The van der Waals surface area contributed by atoms with Crippen molar-refractivity contribution in [1.82, 2.24) is 24.8 Å². The molecule has 3 aromatic heterocycles. The van der Waals surface area contributed by atoms with Crippen molar-refractivity contribution in [3.63, 3.8) is 0 Å². The van der Waals surface area contributed by atoms with Crippen LogP contribution in [0.4, 0.5) is 11.6 Å². The summed E-state index contributed by atoms with van der Waals surface area (Å²) in [7, 11) is 0. The number of hydrogen-bond acceptors (Lipinski definition) is 8. The molecule has 0 amide bonds. The van der Waals surface area contributed by atoms with Gasteiger partial charge in [0.15, 0.2) is 0 Å². The molecule has 1 saturated heterocycles. The van der Waals surface area contributed by atoms with Crippen molar-refractivity contribution in [2.75, 3.05) is 18.0 Å². The predicted molar refractivity (Wildman–Crippen MR) is 127 cm³/mol. The molecule has 1 aliphatic carbocycles. The molecule has 6 rings (SSSR count). The number of fused-ring (bicyclic) bond motifs is 2. The Hall–Kier alpha value is -2.98. The van der Waals surface area contributed by atoms with Crippen molar-refractivity contribution in [3.8, 4) is 0 Å². The van der Waals surface area contributed by atoms with Crippen LogP contribution in [0.15, 0.2) is 42.9 Å². The van der Waals surface area contributed by atoms with E-state index in [1.54, 1.807) is 0 Å². The maximum absolute atomic E-state index is 11.1. The van der Waals surface area contributed by atoms with Gasteiger partial charge in [0.05, 0.1) is 28.1 Å². The highest BCUT2D eigenvalue weighted by Crippen LogP contribution is 2.52. The van der Waals surface area contributed by atoms with Gasteiger partial charge in [0, 0.05) is 29.6 Å². The van der Waals surface area contributed by atoms with Gasteiger partial charge >= 0.3 is 0 Å². The van der Waals surface area contributed by atoms with Crippen LogP contribution in [0.1, 0.15) is 30.5 Å². The lowest BCUT2D eigenvalue weighted by Gasteiger charge is -2.27. The summed E-state index contributed by atoms with van der Waals surface area (Å²) >= 11 is 6.10. The van der Waals surface area contributed by atoms with Crippen LogP contribution in [0.25, 0.3) is 21.9 Å². The van der Waals surface area contributed by atoms with Gasteiger partial charge in [-0.3, -0.25) is 0 Å². The Labute approximate surface area is 194 Å². The lowest BCUT2D eigenvalue weighted by molar-refractivity contribution is -0.0218. The number of nitrogens with zero attached hydrogens (tertiary/aromatic N) is 4. The van der Waals surface area contributed by atoms with Gasteiger partial charge in [-0.2, -0.15) is 0 Å². The molecule has 4 heterocycles. The molecule has 170 valence electrons. The number of pyridine rings is 1. The lowest BCUT2D eigenvalue weighted by Crippen LogP contribution is -2.38. The van der Waals surface area contributed by atoms with Crippen LogP contribution < -0.4 is 16.8 Å². The average molecular weight is 466 g/mol. The van der Waals surface area contributed by atoms with Crippen molar-refractivity contribution in [3.05, 3.63) is 53.4 Å². The third kappa shape index (κ3) is 3.07. The molecule has 0 bridgehead atoms. The summed E-state index contributed by atoms with van der Waals surface area (Å²) in [6.45, 7) is 0.594. The molecular weight excluding hydrogens is 442 g/mol. The van der Waals surface area contributed by atoms with Gasteiger partial charge in [-0.1, -0.05) is 23.7 Å². The third-order valence-electron chi connectivity index (χ3n) is 7.39. The number of nitrogens with two attached hydrogens (primary N) is 2. The van der Waals surface area contributed by atoms with Gasteiger partial charge in [-0.25, -0.2) is 15.0 Å². The molecular formula is C23H24ClN7O2. The highest BCUT2D eigenvalue weighted by molar-refractivity contribution is 6.33. The minimum absolute atomic E-state index is 0.0214. The first-order chi connectivity index (χ1) is 15.9. The molecule has 0 unspecified atom stereocenters. The van der Waals surface area contributed by atoms with Gasteiger partial charge in [-0.05, 0) is 36.6 Å². The Bertz CT molecular complexity index is 1390. The zero-order chi connectivity index (χ0) is 22.9. The van der Waals surface area contributed by atoms with Crippen molar-refractivity contribution >= 4 is 45.2 Å². The van der Waals surface area contributed by atoms with Gasteiger partial charge in [0.25, 0.3) is 0 Å². The minimum atomic E-state index is -0.919. The molecule has 0 radical (unpaired) electrons. The van der Waals surface area contributed by atoms with Crippen LogP contribution in [-0.2, 0) is 0 Å². The van der Waals surface area contributed by atoms with Crippen molar-refractivity contribution < 1.29 is 10.2 Å². The fourth-order valence-corrected chi connectivity index (χ4v) is 5.80. The first kappa shape index (κ1) is 20.6. The molecule has 2 fully saturated rings. The molecule has 9 nitrogen and oxygen atoms in total. The van der Waals surface area contributed by atoms with E-state index >= 15 is 0 Å². The van der Waals surface area contributed by atoms with E-state index in [4.69, 9.17) is 23.1 Å². The second kappa shape index (κ2) is 7.26. The van der Waals surface area contributed by atoms with Crippen LogP contribution in [0.2, 0.25) is 5.02 Å². The highest BCUT2D eigenvalue weighted by atomic mass is 35.5. The largest absolute Gasteiger partial charge is 0.390 e. The highest BCUT2D eigenvalue weighted by Gasteiger charge is 2.56. The lowest BCUT2D eigenvalue weighted by atomic mass is 9.80. The van der Waals surface area contributed by atoms with Gasteiger partial charge in [-0.15, -0.1) is 0 Å². The van der Waals surface area contributed by atoms with E-state index in [2.05, 4.69) is 20.3 Å². The van der Waals surface area contributed by atoms with Gasteiger partial charge in [0.2, 0.25) is 0 Å². The number of aliphatic hydroxyl groups is 2. The van der Waals surface area contributed by atoms with Crippen molar-refractivity contribution in [2.24, 2.45) is 5.41 Å². The predicted octanol–water partition coefficient (Wildman–Crippen LogP) is 2.18. The Morgan fingerprint density at radius 1 is 1.09 bits per heavy atom. The monoisotopic (exact) mass is 465 g/mol. The zero-order valence-corrected chi connectivity index (χ0v) is 18.4. The molecule has 1 spiro atoms. The van der Waals surface area contributed by atoms with Crippen LogP contribution in [0.3, 0.4) is 0 Å². The normalized spacial score (nSPS) is 29.5. The molecule has 33 heavy (non-hydrogen) atoms. The first-order valence-electron chi connectivity index (χ1n) is 10.9. The molecule has 7 N–H and O–H groups in total. The van der Waals surface area contributed by atoms with E-state index < -0.39 is 17.6 Å². The van der Waals surface area contributed by atoms with Crippen LogP contribution in [0.5, 0.6) is 0 Å². The number of aliphatic hydroxyl groups excluding tert-OH is 2. The molecule has 1 aromatic carbocycles.